The average Bonchev–Trinajstić information content (AvgIpc) is 2.63. The molecule has 1 aromatic carbocycles. The summed E-state index contributed by atoms with van der Waals surface area (Å²) in [6.45, 7) is 2.76. The van der Waals surface area contributed by atoms with Gasteiger partial charge in [-0.25, -0.2) is 9.97 Å². The van der Waals surface area contributed by atoms with E-state index in [4.69, 9.17) is 0 Å². The van der Waals surface area contributed by atoms with E-state index in [9.17, 15) is 9.59 Å². The van der Waals surface area contributed by atoms with Crippen molar-refractivity contribution < 1.29 is 4.79 Å². The molecule has 2 aromatic heterocycles. The van der Waals surface area contributed by atoms with Crippen LogP contribution in [0.2, 0.25) is 0 Å². The Bertz CT molecular complexity index is 1040. The molecule has 0 saturated heterocycles. The Kier molecular flexibility index (Phi) is 4.71. The zero-order chi connectivity index (χ0) is 18.8. The second-order valence-corrected chi connectivity index (χ2v) is 7.03. The standard InChI is InChI=1S/C21H22N4O2/c1-2-9-25-10-8-14-6-7-16(11-18(14)20(25)27)17-12-22-21(23-13-17)24-19(26)15-4-3-5-15/h6-8,10-13,15H,2-5,9H2,1H3,(H,22,23,24,26). The van der Waals surface area contributed by atoms with Gasteiger partial charge in [0.25, 0.3) is 5.56 Å². The van der Waals surface area contributed by atoms with Gasteiger partial charge in [0.1, 0.15) is 0 Å². The number of pyridine rings is 1. The van der Waals surface area contributed by atoms with Crippen LogP contribution in [0.5, 0.6) is 0 Å². The van der Waals surface area contributed by atoms with Crippen molar-refractivity contribution in [2.75, 3.05) is 5.32 Å². The van der Waals surface area contributed by atoms with Crippen LogP contribution < -0.4 is 10.9 Å². The van der Waals surface area contributed by atoms with Crippen molar-refractivity contribution in [2.45, 2.75) is 39.2 Å². The highest BCUT2D eigenvalue weighted by atomic mass is 16.2. The van der Waals surface area contributed by atoms with Gasteiger partial charge < -0.3 is 4.57 Å². The molecule has 138 valence electrons. The van der Waals surface area contributed by atoms with Crippen LogP contribution in [0, 0.1) is 5.92 Å². The van der Waals surface area contributed by atoms with Gasteiger partial charge >= 0.3 is 0 Å². The predicted octanol–water partition coefficient (Wildman–Crippen LogP) is 3.61. The number of nitrogens with zero attached hydrogens (tertiary/aromatic N) is 3. The van der Waals surface area contributed by atoms with E-state index >= 15 is 0 Å². The summed E-state index contributed by atoms with van der Waals surface area (Å²) >= 11 is 0. The summed E-state index contributed by atoms with van der Waals surface area (Å²) < 4.78 is 1.74. The molecule has 6 heteroatoms. The lowest BCUT2D eigenvalue weighted by molar-refractivity contribution is -0.122. The number of rotatable bonds is 5. The number of amides is 1. The van der Waals surface area contributed by atoms with Gasteiger partial charge in [0.2, 0.25) is 11.9 Å². The fourth-order valence-electron chi connectivity index (χ4n) is 3.30. The summed E-state index contributed by atoms with van der Waals surface area (Å²) in [5.74, 6) is 0.414. The van der Waals surface area contributed by atoms with Crippen molar-refractivity contribution in [3.63, 3.8) is 0 Å². The van der Waals surface area contributed by atoms with Crippen molar-refractivity contribution in [3.8, 4) is 11.1 Å². The van der Waals surface area contributed by atoms with Gasteiger partial charge in [0.15, 0.2) is 0 Å². The molecule has 0 unspecified atom stereocenters. The summed E-state index contributed by atoms with van der Waals surface area (Å²) in [7, 11) is 0. The SMILES string of the molecule is CCCn1ccc2ccc(-c3cnc(NC(=O)C4CCC4)nc3)cc2c1=O. The van der Waals surface area contributed by atoms with Crippen LogP contribution in [0.1, 0.15) is 32.6 Å². The minimum Gasteiger partial charge on any atom is -0.315 e. The Balaban J connectivity index is 1.60. The van der Waals surface area contributed by atoms with Crippen LogP contribution in [0.4, 0.5) is 5.95 Å². The first kappa shape index (κ1) is 17.4. The number of hydrogen-bond acceptors (Lipinski definition) is 4. The van der Waals surface area contributed by atoms with Crippen molar-refractivity contribution >= 4 is 22.6 Å². The molecule has 1 aliphatic rings. The van der Waals surface area contributed by atoms with Crippen LogP contribution in [0.3, 0.4) is 0 Å². The quantitative estimate of drug-likeness (QED) is 0.752. The molecule has 1 fully saturated rings. The molecule has 4 rings (SSSR count). The molecule has 0 spiro atoms. The van der Waals surface area contributed by atoms with E-state index in [1.807, 2.05) is 30.5 Å². The molecule has 1 N–H and O–H groups in total. The van der Waals surface area contributed by atoms with Gasteiger partial charge in [-0.3, -0.25) is 14.9 Å². The Morgan fingerprint density at radius 1 is 1.19 bits per heavy atom. The third-order valence-electron chi connectivity index (χ3n) is 5.14. The monoisotopic (exact) mass is 362 g/mol. The van der Waals surface area contributed by atoms with E-state index in [0.717, 1.165) is 42.2 Å². The lowest BCUT2D eigenvalue weighted by Crippen LogP contribution is -2.28. The summed E-state index contributed by atoms with van der Waals surface area (Å²) in [5, 5.41) is 4.37. The van der Waals surface area contributed by atoms with Gasteiger partial charge in [0, 0.05) is 42.0 Å². The number of aromatic nitrogens is 3. The molecule has 3 aromatic rings. The van der Waals surface area contributed by atoms with E-state index in [0.29, 0.717) is 17.9 Å². The Labute approximate surface area is 157 Å². The first-order valence-corrected chi connectivity index (χ1v) is 9.42. The third kappa shape index (κ3) is 3.47. The molecule has 0 atom stereocenters. The van der Waals surface area contributed by atoms with Gasteiger partial charge in [-0.05, 0) is 42.3 Å². The lowest BCUT2D eigenvalue weighted by atomic mass is 9.85. The zero-order valence-corrected chi connectivity index (χ0v) is 15.3. The fourth-order valence-corrected chi connectivity index (χ4v) is 3.30. The van der Waals surface area contributed by atoms with E-state index < -0.39 is 0 Å². The van der Waals surface area contributed by atoms with Crippen LogP contribution in [-0.4, -0.2) is 20.4 Å². The number of anilines is 1. The van der Waals surface area contributed by atoms with Crippen LogP contribution >= 0.6 is 0 Å². The minimum absolute atomic E-state index is 0.00354. The van der Waals surface area contributed by atoms with Gasteiger partial charge in [-0.1, -0.05) is 25.5 Å². The van der Waals surface area contributed by atoms with E-state index in [2.05, 4.69) is 22.2 Å². The van der Waals surface area contributed by atoms with Gasteiger partial charge in [0.05, 0.1) is 0 Å². The Hall–Kier alpha value is -3.02. The first-order chi connectivity index (χ1) is 13.2. The molecule has 0 bridgehead atoms. The first-order valence-electron chi connectivity index (χ1n) is 9.42. The number of hydrogen-bond donors (Lipinski definition) is 1. The maximum absolute atomic E-state index is 12.7. The molecule has 2 heterocycles. The van der Waals surface area contributed by atoms with Crippen molar-refractivity contribution in [1.29, 1.82) is 0 Å². The third-order valence-corrected chi connectivity index (χ3v) is 5.14. The Morgan fingerprint density at radius 2 is 1.96 bits per heavy atom. The molecule has 6 nitrogen and oxygen atoms in total. The van der Waals surface area contributed by atoms with Crippen molar-refractivity contribution in [3.05, 3.63) is 53.2 Å². The lowest BCUT2D eigenvalue weighted by Gasteiger charge is -2.23. The number of carbonyl (C=O) groups is 1. The molecule has 0 aliphatic heterocycles. The summed E-state index contributed by atoms with van der Waals surface area (Å²) in [6.07, 6.45) is 9.10. The van der Waals surface area contributed by atoms with Crippen molar-refractivity contribution in [1.82, 2.24) is 14.5 Å². The molecule has 1 saturated carbocycles. The molecule has 0 radical (unpaired) electrons. The van der Waals surface area contributed by atoms with Crippen LogP contribution in [-0.2, 0) is 11.3 Å². The molecule has 1 amide bonds. The normalized spacial score (nSPS) is 14.1. The number of aryl methyl sites for hydroxylation is 1. The van der Waals surface area contributed by atoms with E-state index in [1.165, 1.54) is 0 Å². The van der Waals surface area contributed by atoms with Crippen LogP contribution in [0.25, 0.3) is 21.9 Å². The summed E-state index contributed by atoms with van der Waals surface area (Å²) in [4.78, 5) is 33.2. The maximum atomic E-state index is 12.7. The Morgan fingerprint density at radius 3 is 2.63 bits per heavy atom. The number of benzene rings is 1. The maximum Gasteiger partial charge on any atom is 0.258 e. The van der Waals surface area contributed by atoms with Crippen molar-refractivity contribution in [2.24, 2.45) is 5.92 Å². The fraction of sp³-hybridized carbons (Fsp3) is 0.333. The molecule has 1 aliphatic carbocycles. The number of carbonyl (C=O) groups excluding carboxylic acids is 1. The number of fused-ring (bicyclic) bond motifs is 1. The second-order valence-electron chi connectivity index (χ2n) is 7.03. The van der Waals surface area contributed by atoms with E-state index in [-0.39, 0.29) is 17.4 Å². The highest BCUT2D eigenvalue weighted by Crippen LogP contribution is 2.27. The molecule has 27 heavy (non-hydrogen) atoms. The average molecular weight is 362 g/mol. The molecular formula is C21H22N4O2. The van der Waals surface area contributed by atoms with Gasteiger partial charge in [-0.2, -0.15) is 0 Å². The highest BCUT2D eigenvalue weighted by Gasteiger charge is 2.25. The summed E-state index contributed by atoms with van der Waals surface area (Å²) in [5.41, 5.74) is 1.70. The smallest absolute Gasteiger partial charge is 0.258 e. The second kappa shape index (κ2) is 7.31. The largest absolute Gasteiger partial charge is 0.315 e. The molecular weight excluding hydrogens is 340 g/mol. The van der Waals surface area contributed by atoms with Crippen LogP contribution in [0.15, 0.2) is 47.7 Å². The predicted molar refractivity (Wildman–Crippen MR) is 105 cm³/mol. The van der Waals surface area contributed by atoms with Gasteiger partial charge in [-0.15, -0.1) is 0 Å². The number of nitrogens with one attached hydrogen (secondary N) is 1. The topological polar surface area (TPSA) is 76.9 Å². The zero-order valence-electron chi connectivity index (χ0n) is 15.3. The minimum atomic E-state index is -0.00354. The summed E-state index contributed by atoms with van der Waals surface area (Å²) in [6, 6.07) is 7.74. The highest BCUT2D eigenvalue weighted by molar-refractivity contribution is 5.91. The van der Waals surface area contributed by atoms with E-state index in [1.54, 1.807) is 17.0 Å².